The molecule has 1 N–H and O–H groups in total. The predicted octanol–water partition coefficient (Wildman–Crippen LogP) is 4.20. The molecular weight excluding hydrogens is 436 g/mol. The second-order valence-electron chi connectivity index (χ2n) is 7.97. The van der Waals surface area contributed by atoms with Gasteiger partial charge in [-0.3, -0.25) is 10.1 Å². The van der Waals surface area contributed by atoms with Gasteiger partial charge >= 0.3 is 0 Å². The number of nitrogens with one attached hydrogen (secondary N) is 1. The first-order valence-corrected chi connectivity index (χ1v) is 11.8. The predicted molar refractivity (Wildman–Crippen MR) is 129 cm³/mol. The zero-order chi connectivity index (χ0) is 23.0. The molecular formula is C24H26N6O2S. The third-order valence-corrected chi connectivity index (χ3v) is 6.45. The fraction of sp³-hybridized carbons (Fsp3) is 0.333. The molecule has 1 amide bonds. The molecule has 1 saturated heterocycles. The minimum absolute atomic E-state index is 0.00229. The maximum absolute atomic E-state index is 12.7. The lowest BCUT2D eigenvalue weighted by Crippen LogP contribution is -2.32. The van der Waals surface area contributed by atoms with E-state index >= 15 is 0 Å². The fourth-order valence-electron chi connectivity index (χ4n) is 3.60. The molecule has 0 radical (unpaired) electrons. The van der Waals surface area contributed by atoms with Crippen molar-refractivity contribution in [3.8, 4) is 11.8 Å². The minimum atomic E-state index is -0.499. The number of benzene rings is 1. The summed E-state index contributed by atoms with van der Waals surface area (Å²) in [6.45, 7) is 5.19. The SMILES string of the molecule is CC1CCN(c2nnc(NC(=O)/C(C#N)=C\c3cccn3CCOc3ccccc3)s2)CC1. The van der Waals surface area contributed by atoms with Crippen molar-refractivity contribution in [2.75, 3.05) is 29.9 Å². The van der Waals surface area contributed by atoms with E-state index in [0.29, 0.717) is 18.3 Å². The number of amides is 1. The average Bonchev–Trinajstić information content (AvgIpc) is 3.48. The van der Waals surface area contributed by atoms with Crippen molar-refractivity contribution in [2.45, 2.75) is 26.3 Å². The second-order valence-corrected chi connectivity index (χ2v) is 8.93. The lowest BCUT2D eigenvalue weighted by molar-refractivity contribution is -0.112. The van der Waals surface area contributed by atoms with Crippen LogP contribution in [0.4, 0.5) is 10.3 Å². The number of piperidine rings is 1. The molecule has 1 aliphatic heterocycles. The molecule has 8 nitrogen and oxygen atoms in total. The molecule has 9 heteroatoms. The van der Waals surface area contributed by atoms with Crippen LogP contribution in [-0.2, 0) is 11.3 Å². The zero-order valence-corrected chi connectivity index (χ0v) is 19.3. The molecule has 1 fully saturated rings. The lowest BCUT2D eigenvalue weighted by Gasteiger charge is -2.29. The van der Waals surface area contributed by atoms with Crippen LogP contribution in [-0.4, -0.2) is 40.4 Å². The van der Waals surface area contributed by atoms with E-state index < -0.39 is 5.91 Å². The number of carbonyl (C=O) groups is 1. The highest BCUT2D eigenvalue weighted by Crippen LogP contribution is 2.28. The molecule has 0 saturated carbocycles. The summed E-state index contributed by atoms with van der Waals surface area (Å²) in [4.78, 5) is 14.9. The summed E-state index contributed by atoms with van der Waals surface area (Å²) >= 11 is 1.33. The van der Waals surface area contributed by atoms with E-state index in [-0.39, 0.29) is 5.57 Å². The van der Waals surface area contributed by atoms with Gasteiger partial charge in [0.1, 0.15) is 24.0 Å². The van der Waals surface area contributed by atoms with E-state index in [4.69, 9.17) is 4.74 Å². The highest BCUT2D eigenvalue weighted by Gasteiger charge is 2.20. The van der Waals surface area contributed by atoms with Crippen molar-refractivity contribution in [1.29, 1.82) is 5.26 Å². The number of para-hydroxylation sites is 1. The van der Waals surface area contributed by atoms with Crippen LogP contribution < -0.4 is 15.0 Å². The molecule has 0 aliphatic carbocycles. The first-order valence-electron chi connectivity index (χ1n) is 11.0. The van der Waals surface area contributed by atoms with Gasteiger partial charge in [0.2, 0.25) is 10.3 Å². The Morgan fingerprint density at radius 2 is 2.03 bits per heavy atom. The van der Waals surface area contributed by atoms with Crippen LogP contribution in [0.15, 0.2) is 54.2 Å². The van der Waals surface area contributed by atoms with Crippen molar-refractivity contribution in [3.63, 3.8) is 0 Å². The van der Waals surface area contributed by atoms with Crippen molar-refractivity contribution < 1.29 is 9.53 Å². The molecule has 4 rings (SSSR count). The van der Waals surface area contributed by atoms with E-state index in [1.165, 1.54) is 11.3 Å². The van der Waals surface area contributed by atoms with Gasteiger partial charge in [-0.2, -0.15) is 5.26 Å². The Morgan fingerprint density at radius 3 is 2.79 bits per heavy atom. The number of nitrogens with zero attached hydrogens (tertiary/aromatic N) is 5. The van der Waals surface area contributed by atoms with Gasteiger partial charge in [-0.1, -0.05) is 36.5 Å². The highest BCUT2D eigenvalue weighted by molar-refractivity contribution is 7.19. The third-order valence-electron chi connectivity index (χ3n) is 5.56. The topological polar surface area (TPSA) is 96.1 Å². The van der Waals surface area contributed by atoms with Crippen LogP contribution in [0, 0.1) is 17.2 Å². The third kappa shape index (κ3) is 5.99. The van der Waals surface area contributed by atoms with Crippen LogP contribution in [0.1, 0.15) is 25.5 Å². The number of carbonyl (C=O) groups excluding carboxylic acids is 1. The lowest BCUT2D eigenvalue weighted by atomic mass is 10.00. The molecule has 1 aliphatic rings. The first kappa shape index (κ1) is 22.6. The van der Waals surface area contributed by atoms with Crippen LogP contribution in [0.5, 0.6) is 5.75 Å². The number of aromatic nitrogens is 3. The largest absolute Gasteiger partial charge is 0.492 e. The standard InChI is InChI=1S/C24H26N6O2S/c1-18-9-12-30(13-10-18)24-28-27-23(33-24)26-22(31)19(17-25)16-20-6-5-11-29(20)14-15-32-21-7-3-2-4-8-21/h2-8,11,16,18H,9-10,12-15H2,1H3,(H,26,27,31)/b19-16-. The Bertz CT molecular complexity index is 1140. The van der Waals surface area contributed by atoms with Gasteiger partial charge in [-0.05, 0) is 49.1 Å². The maximum Gasteiger partial charge on any atom is 0.268 e. The van der Waals surface area contributed by atoms with E-state index in [9.17, 15) is 10.1 Å². The molecule has 0 atom stereocenters. The van der Waals surface area contributed by atoms with Crippen LogP contribution >= 0.6 is 11.3 Å². The number of hydrogen-bond acceptors (Lipinski definition) is 7. The molecule has 0 spiro atoms. The van der Waals surface area contributed by atoms with Gasteiger partial charge in [-0.15, -0.1) is 10.2 Å². The number of hydrogen-bond donors (Lipinski definition) is 1. The first-order chi connectivity index (χ1) is 16.1. The summed E-state index contributed by atoms with van der Waals surface area (Å²) in [6.07, 6.45) is 5.71. The molecule has 1 aromatic carbocycles. The smallest absolute Gasteiger partial charge is 0.268 e. The van der Waals surface area contributed by atoms with Gasteiger partial charge in [0.05, 0.1) is 6.54 Å². The van der Waals surface area contributed by atoms with Crippen LogP contribution in [0.2, 0.25) is 0 Å². The van der Waals surface area contributed by atoms with E-state index in [1.807, 2.05) is 59.3 Å². The Labute approximate surface area is 197 Å². The summed E-state index contributed by atoms with van der Waals surface area (Å²) in [6, 6.07) is 15.3. The molecule has 0 bridgehead atoms. The summed E-state index contributed by atoms with van der Waals surface area (Å²) in [7, 11) is 0. The Balaban J connectivity index is 1.37. The summed E-state index contributed by atoms with van der Waals surface area (Å²) < 4.78 is 7.69. The Hall–Kier alpha value is -3.64. The molecule has 2 aromatic heterocycles. The summed E-state index contributed by atoms with van der Waals surface area (Å²) in [5, 5.41) is 21.8. The van der Waals surface area contributed by atoms with Crippen LogP contribution in [0.25, 0.3) is 6.08 Å². The van der Waals surface area contributed by atoms with E-state index in [1.54, 1.807) is 6.08 Å². The number of anilines is 2. The second kappa shape index (κ2) is 10.8. The van der Waals surface area contributed by atoms with Gasteiger partial charge in [0.25, 0.3) is 5.91 Å². The Morgan fingerprint density at radius 1 is 1.24 bits per heavy atom. The minimum Gasteiger partial charge on any atom is -0.492 e. The average molecular weight is 463 g/mol. The molecule has 33 heavy (non-hydrogen) atoms. The normalized spacial score (nSPS) is 14.7. The maximum atomic E-state index is 12.7. The molecule has 3 aromatic rings. The quantitative estimate of drug-likeness (QED) is 0.398. The van der Waals surface area contributed by atoms with Crippen molar-refractivity contribution >= 4 is 33.6 Å². The summed E-state index contributed by atoms with van der Waals surface area (Å²) in [5.74, 6) is 1.02. The van der Waals surface area contributed by atoms with Crippen molar-refractivity contribution in [2.24, 2.45) is 5.92 Å². The number of ether oxygens (including phenoxy) is 1. The van der Waals surface area contributed by atoms with Crippen LogP contribution in [0.3, 0.4) is 0 Å². The molecule has 0 unspecified atom stereocenters. The monoisotopic (exact) mass is 462 g/mol. The van der Waals surface area contributed by atoms with Crippen molar-refractivity contribution in [1.82, 2.24) is 14.8 Å². The molecule has 170 valence electrons. The zero-order valence-electron chi connectivity index (χ0n) is 18.5. The Kier molecular flexibility index (Phi) is 7.37. The van der Waals surface area contributed by atoms with E-state index in [2.05, 4.69) is 27.3 Å². The molecule has 3 heterocycles. The van der Waals surface area contributed by atoms with Gasteiger partial charge in [0.15, 0.2) is 0 Å². The van der Waals surface area contributed by atoms with Gasteiger partial charge in [-0.25, -0.2) is 0 Å². The number of rotatable bonds is 8. The van der Waals surface area contributed by atoms with E-state index in [0.717, 1.165) is 48.4 Å². The van der Waals surface area contributed by atoms with Crippen molar-refractivity contribution in [3.05, 3.63) is 59.9 Å². The highest BCUT2D eigenvalue weighted by atomic mass is 32.1. The fourth-order valence-corrected chi connectivity index (χ4v) is 4.39. The summed E-state index contributed by atoms with van der Waals surface area (Å²) in [5.41, 5.74) is 0.751. The number of nitriles is 1. The van der Waals surface area contributed by atoms with Gasteiger partial charge < -0.3 is 14.2 Å². The van der Waals surface area contributed by atoms with Gasteiger partial charge in [0, 0.05) is 25.0 Å².